The monoisotopic (exact) mass is 271 g/mol. The molecule has 0 unspecified atom stereocenters. The molecule has 1 N–H and O–H groups in total. The summed E-state index contributed by atoms with van der Waals surface area (Å²) in [7, 11) is 3.52. The first-order chi connectivity index (χ1) is 7.11. The van der Waals surface area contributed by atoms with Gasteiger partial charge in [0.1, 0.15) is 0 Å². The van der Waals surface area contributed by atoms with Crippen LogP contribution < -0.4 is 5.32 Å². The Morgan fingerprint density at radius 3 is 2.87 bits per heavy atom. The van der Waals surface area contributed by atoms with Gasteiger partial charge < -0.3 is 5.32 Å². The van der Waals surface area contributed by atoms with E-state index in [0.29, 0.717) is 13.1 Å². The number of hydrogen-bond donors (Lipinski definition) is 1. The van der Waals surface area contributed by atoms with Crippen molar-refractivity contribution >= 4 is 21.8 Å². The van der Waals surface area contributed by atoms with Gasteiger partial charge in [-0.15, -0.1) is 0 Å². The molecule has 15 heavy (non-hydrogen) atoms. The summed E-state index contributed by atoms with van der Waals surface area (Å²) in [6.45, 7) is 1.05. The van der Waals surface area contributed by atoms with E-state index >= 15 is 0 Å². The van der Waals surface area contributed by atoms with E-state index in [1.165, 1.54) is 0 Å². The second-order valence-electron chi connectivity index (χ2n) is 3.31. The number of carbonyl (C=O) groups is 1. The lowest BCUT2D eigenvalue weighted by Gasteiger charge is -2.14. The molecule has 0 saturated carbocycles. The van der Waals surface area contributed by atoms with Crippen molar-refractivity contribution in [2.45, 2.75) is 6.54 Å². The highest BCUT2D eigenvalue weighted by molar-refractivity contribution is 9.10. The Bertz CT molecular complexity index is 326. The SMILES string of the molecule is CNC(=O)CN(C)Cc1ccc(Br)cn1. The van der Waals surface area contributed by atoms with E-state index in [9.17, 15) is 4.79 Å². The molecule has 82 valence electrons. The molecule has 1 rings (SSSR count). The maximum Gasteiger partial charge on any atom is 0.233 e. The predicted octanol–water partition coefficient (Wildman–Crippen LogP) is 1.02. The molecule has 5 heteroatoms. The van der Waals surface area contributed by atoms with Gasteiger partial charge in [-0.05, 0) is 35.1 Å². The number of hydrogen-bond acceptors (Lipinski definition) is 3. The van der Waals surface area contributed by atoms with Crippen LogP contribution in [0.15, 0.2) is 22.8 Å². The number of rotatable bonds is 4. The molecule has 0 atom stereocenters. The molecule has 0 radical (unpaired) electrons. The van der Waals surface area contributed by atoms with Gasteiger partial charge in [0.2, 0.25) is 5.91 Å². The zero-order valence-electron chi connectivity index (χ0n) is 8.83. The van der Waals surface area contributed by atoms with Gasteiger partial charge in [0.05, 0.1) is 12.2 Å². The van der Waals surface area contributed by atoms with Crippen LogP contribution in [0.4, 0.5) is 0 Å². The molecule has 0 aliphatic rings. The van der Waals surface area contributed by atoms with E-state index in [4.69, 9.17) is 0 Å². The molecule has 0 aliphatic carbocycles. The number of halogens is 1. The summed E-state index contributed by atoms with van der Waals surface area (Å²) >= 11 is 3.32. The van der Waals surface area contributed by atoms with Crippen LogP contribution in [0.5, 0.6) is 0 Å². The molecule has 1 amide bonds. The van der Waals surface area contributed by atoms with Crippen LogP contribution in [-0.4, -0.2) is 36.4 Å². The lowest BCUT2D eigenvalue weighted by Crippen LogP contribution is -2.32. The quantitative estimate of drug-likeness (QED) is 0.890. The van der Waals surface area contributed by atoms with E-state index in [1.54, 1.807) is 13.2 Å². The van der Waals surface area contributed by atoms with Crippen molar-refractivity contribution in [3.63, 3.8) is 0 Å². The first-order valence-corrected chi connectivity index (χ1v) is 5.40. The molecule has 1 heterocycles. The predicted molar refractivity (Wildman–Crippen MR) is 62.3 cm³/mol. The van der Waals surface area contributed by atoms with Gasteiger partial charge in [-0.25, -0.2) is 0 Å². The average molecular weight is 272 g/mol. The summed E-state index contributed by atoms with van der Waals surface area (Å²) in [5.74, 6) is 0.00890. The van der Waals surface area contributed by atoms with Crippen molar-refractivity contribution in [1.29, 1.82) is 0 Å². The van der Waals surface area contributed by atoms with Crippen molar-refractivity contribution in [2.75, 3.05) is 20.6 Å². The van der Waals surface area contributed by atoms with E-state index in [0.717, 1.165) is 10.2 Å². The van der Waals surface area contributed by atoms with Gasteiger partial charge in [-0.1, -0.05) is 0 Å². The lowest BCUT2D eigenvalue weighted by atomic mass is 10.3. The number of likely N-dealkylation sites (N-methyl/N-ethyl adjacent to an activating group) is 2. The fourth-order valence-electron chi connectivity index (χ4n) is 1.16. The van der Waals surface area contributed by atoms with Crippen LogP contribution in [-0.2, 0) is 11.3 Å². The Morgan fingerprint density at radius 2 is 2.33 bits per heavy atom. The summed E-state index contributed by atoms with van der Waals surface area (Å²) in [5, 5.41) is 2.58. The van der Waals surface area contributed by atoms with Crippen molar-refractivity contribution in [3.8, 4) is 0 Å². The van der Waals surface area contributed by atoms with Crippen molar-refractivity contribution in [1.82, 2.24) is 15.2 Å². The van der Waals surface area contributed by atoms with Crippen LogP contribution >= 0.6 is 15.9 Å². The molecule has 0 spiro atoms. The largest absolute Gasteiger partial charge is 0.358 e. The summed E-state index contributed by atoms with van der Waals surface area (Å²) in [6, 6.07) is 3.88. The maximum absolute atomic E-state index is 11.1. The molecule has 0 bridgehead atoms. The molecule has 0 aromatic carbocycles. The Balaban J connectivity index is 2.47. The van der Waals surface area contributed by atoms with Crippen molar-refractivity contribution in [3.05, 3.63) is 28.5 Å². The van der Waals surface area contributed by atoms with Gasteiger partial charge in [-0.2, -0.15) is 0 Å². The Morgan fingerprint density at radius 1 is 1.60 bits per heavy atom. The molecular weight excluding hydrogens is 258 g/mol. The first-order valence-electron chi connectivity index (χ1n) is 4.61. The highest BCUT2D eigenvalue weighted by Gasteiger charge is 2.05. The first kappa shape index (κ1) is 12.1. The number of pyridine rings is 1. The molecule has 0 aliphatic heterocycles. The highest BCUT2D eigenvalue weighted by Crippen LogP contribution is 2.08. The molecular formula is C10H14BrN3O. The third kappa shape index (κ3) is 4.40. The van der Waals surface area contributed by atoms with E-state index in [2.05, 4.69) is 26.2 Å². The summed E-state index contributed by atoms with van der Waals surface area (Å²) < 4.78 is 0.959. The molecule has 0 fully saturated rings. The minimum absolute atomic E-state index is 0.00890. The second-order valence-corrected chi connectivity index (χ2v) is 4.23. The standard InChI is InChI=1S/C10H14BrN3O/c1-12-10(15)7-14(2)6-9-4-3-8(11)5-13-9/h3-5H,6-7H2,1-2H3,(H,12,15). The number of carbonyl (C=O) groups excluding carboxylic acids is 1. The lowest BCUT2D eigenvalue weighted by molar-refractivity contribution is -0.121. The summed E-state index contributed by atoms with van der Waals surface area (Å²) in [6.07, 6.45) is 1.75. The maximum atomic E-state index is 11.1. The van der Waals surface area contributed by atoms with Gasteiger partial charge in [0.25, 0.3) is 0 Å². The number of amides is 1. The van der Waals surface area contributed by atoms with Crippen LogP contribution in [0.2, 0.25) is 0 Å². The fourth-order valence-corrected chi connectivity index (χ4v) is 1.39. The molecule has 1 aromatic rings. The summed E-state index contributed by atoms with van der Waals surface area (Å²) in [4.78, 5) is 17.2. The highest BCUT2D eigenvalue weighted by atomic mass is 79.9. The van der Waals surface area contributed by atoms with Crippen LogP contribution in [0.3, 0.4) is 0 Å². The topological polar surface area (TPSA) is 45.2 Å². The Kier molecular flexibility index (Phi) is 4.71. The van der Waals surface area contributed by atoms with E-state index < -0.39 is 0 Å². The third-order valence-corrected chi connectivity index (χ3v) is 2.38. The smallest absolute Gasteiger partial charge is 0.233 e. The third-order valence-electron chi connectivity index (χ3n) is 1.91. The average Bonchev–Trinajstić information content (AvgIpc) is 2.21. The molecule has 1 aromatic heterocycles. The zero-order chi connectivity index (χ0) is 11.3. The van der Waals surface area contributed by atoms with E-state index in [1.807, 2.05) is 24.1 Å². The van der Waals surface area contributed by atoms with Crippen LogP contribution in [0, 0.1) is 0 Å². The Labute approximate surface area is 97.8 Å². The summed E-state index contributed by atoms with van der Waals surface area (Å²) in [5.41, 5.74) is 0.949. The van der Waals surface area contributed by atoms with E-state index in [-0.39, 0.29) is 5.91 Å². The van der Waals surface area contributed by atoms with Gasteiger partial charge in [-0.3, -0.25) is 14.7 Å². The van der Waals surface area contributed by atoms with Crippen LogP contribution in [0.1, 0.15) is 5.69 Å². The zero-order valence-corrected chi connectivity index (χ0v) is 10.4. The van der Waals surface area contributed by atoms with Crippen LogP contribution in [0.25, 0.3) is 0 Å². The normalized spacial score (nSPS) is 10.4. The molecule has 0 saturated heterocycles. The fraction of sp³-hybridized carbons (Fsp3) is 0.400. The minimum atomic E-state index is 0.00890. The number of nitrogens with zero attached hydrogens (tertiary/aromatic N) is 2. The number of aromatic nitrogens is 1. The van der Waals surface area contributed by atoms with Crippen molar-refractivity contribution < 1.29 is 4.79 Å². The van der Waals surface area contributed by atoms with Crippen molar-refractivity contribution in [2.24, 2.45) is 0 Å². The number of nitrogens with one attached hydrogen (secondary N) is 1. The minimum Gasteiger partial charge on any atom is -0.358 e. The van der Waals surface area contributed by atoms with Gasteiger partial charge >= 0.3 is 0 Å². The van der Waals surface area contributed by atoms with Gasteiger partial charge in [0.15, 0.2) is 0 Å². The second kappa shape index (κ2) is 5.82. The Hall–Kier alpha value is -0.940. The molecule has 4 nitrogen and oxygen atoms in total. The van der Waals surface area contributed by atoms with Gasteiger partial charge in [0, 0.05) is 24.3 Å².